The fourth-order valence-corrected chi connectivity index (χ4v) is 3.88. The monoisotopic (exact) mass is 393 g/mol. The molecule has 0 radical (unpaired) electrons. The van der Waals surface area contributed by atoms with Crippen molar-refractivity contribution in [1.29, 1.82) is 0 Å². The van der Waals surface area contributed by atoms with Gasteiger partial charge in [-0.15, -0.1) is 11.3 Å². The smallest absolute Gasteiger partial charge is 0.276 e. The summed E-state index contributed by atoms with van der Waals surface area (Å²) < 4.78 is 11.8. The van der Waals surface area contributed by atoms with Crippen LogP contribution in [0.4, 0.5) is 5.13 Å². The molecule has 0 aliphatic rings. The van der Waals surface area contributed by atoms with Crippen LogP contribution in [0, 0.1) is 0 Å². The van der Waals surface area contributed by atoms with Crippen LogP contribution in [-0.2, 0) is 10.8 Å². The maximum atomic E-state index is 12.5. The van der Waals surface area contributed by atoms with E-state index < -0.39 is 10.8 Å². The number of thiazole rings is 1. The number of carbonyl (C=O) groups is 1. The molecule has 134 valence electrons. The lowest BCUT2D eigenvalue weighted by Crippen LogP contribution is -2.13. The number of hydrogen-bond acceptors (Lipinski definition) is 5. The Morgan fingerprint density at radius 2 is 1.96 bits per heavy atom. The number of amides is 1. The molecule has 0 bridgehead atoms. The third kappa shape index (κ3) is 3.65. The van der Waals surface area contributed by atoms with Crippen LogP contribution in [-0.4, -0.2) is 26.3 Å². The number of aromatic nitrogens is 2. The van der Waals surface area contributed by atoms with Crippen LogP contribution in [0.1, 0.15) is 10.5 Å². The fourth-order valence-electron chi connectivity index (χ4n) is 2.80. The second kappa shape index (κ2) is 7.38. The molecule has 1 N–H and O–H groups in total. The Morgan fingerprint density at radius 1 is 1.11 bits per heavy atom. The highest BCUT2D eigenvalue weighted by molar-refractivity contribution is 7.84. The highest BCUT2D eigenvalue weighted by Crippen LogP contribution is 2.29. The van der Waals surface area contributed by atoms with Crippen LogP contribution < -0.4 is 5.32 Å². The van der Waals surface area contributed by atoms with Crippen molar-refractivity contribution >= 4 is 44.1 Å². The number of para-hydroxylation sites is 1. The molecule has 0 spiro atoms. The minimum atomic E-state index is -1.07. The second-order valence-corrected chi connectivity index (χ2v) is 8.12. The van der Waals surface area contributed by atoms with Gasteiger partial charge in [0.1, 0.15) is 5.69 Å². The summed E-state index contributed by atoms with van der Waals surface area (Å²) in [5.74, 6) is -0.301. The minimum absolute atomic E-state index is 0.301. The van der Waals surface area contributed by atoms with Gasteiger partial charge in [0, 0.05) is 44.5 Å². The average molecular weight is 393 g/mol. The van der Waals surface area contributed by atoms with Crippen LogP contribution in [0.3, 0.4) is 0 Å². The van der Waals surface area contributed by atoms with E-state index in [-0.39, 0.29) is 5.91 Å². The van der Waals surface area contributed by atoms with Gasteiger partial charge in [-0.2, -0.15) is 0 Å². The van der Waals surface area contributed by atoms with E-state index in [9.17, 15) is 9.00 Å². The maximum absolute atomic E-state index is 12.5. The van der Waals surface area contributed by atoms with Crippen LogP contribution >= 0.6 is 11.3 Å². The van der Waals surface area contributed by atoms with E-state index in [2.05, 4.69) is 15.3 Å². The van der Waals surface area contributed by atoms with Gasteiger partial charge in [0.2, 0.25) is 0 Å². The molecule has 0 aliphatic carbocycles. The highest BCUT2D eigenvalue weighted by atomic mass is 32.2. The lowest BCUT2D eigenvalue weighted by atomic mass is 10.0. The van der Waals surface area contributed by atoms with Crippen LogP contribution in [0.25, 0.3) is 22.0 Å². The van der Waals surface area contributed by atoms with Gasteiger partial charge >= 0.3 is 0 Å². The molecule has 4 rings (SSSR count). The molecule has 2 aromatic carbocycles. The number of carbonyl (C=O) groups excluding carboxylic acids is 1. The van der Waals surface area contributed by atoms with Gasteiger partial charge in [0.25, 0.3) is 5.91 Å². The predicted molar refractivity (Wildman–Crippen MR) is 110 cm³/mol. The third-order valence-electron chi connectivity index (χ3n) is 4.08. The number of pyridine rings is 1. The zero-order valence-corrected chi connectivity index (χ0v) is 16.0. The van der Waals surface area contributed by atoms with Crippen molar-refractivity contribution < 1.29 is 9.00 Å². The Balaban J connectivity index is 1.79. The van der Waals surface area contributed by atoms with E-state index in [1.165, 1.54) is 11.3 Å². The molecule has 4 aromatic rings. The van der Waals surface area contributed by atoms with Crippen LogP contribution in [0.15, 0.2) is 71.1 Å². The number of nitrogens with one attached hydrogen (secondary N) is 1. The number of hydrogen-bond donors (Lipinski definition) is 1. The lowest BCUT2D eigenvalue weighted by molar-refractivity contribution is 0.102. The molecule has 0 saturated heterocycles. The summed E-state index contributed by atoms with van der Waals surface area (Å²) in [6, 6.07) is 17.0. The van der Waals surface area contributed by atoms with Crippen molar-refractivity contribution in [2.24, 2.45) is 0 Å². The summed E-state index contributed by atoms with van der Waals surface area (Å²) in [7, 11) is -1.07. The van der Waals surface area contributed by atoms with E-state index in [1.807, 2.05) is 48.5 Å². The van der Waals surface area contributed by atoms with Crippen LogP contribution in [0.5, 0.6) is 0 Å². The molecule has 2 heterocycles. The number of rotatable bonds is 4. The van der Waals surface area contributed by atoms with Gasteiger partial charge in [-0.05, 0) is 23.8 Å². The number of benzene rings is 2. The first-order valence-corrected chi connectivity index (χ1v) is 10.6. The first-order valence-electron chi connectivity index (χ1n) is 8.16. The number of nitrogens with zero attached hydrogens (tertiary/aromatic N) is 2. The molecule has 1 atom stereocenters. The maximum Gasteiger partial charge on any atom is 0.276 e. The molecule has 0 saturated carbocycles. The van der Waals surface area contributed by atoms with Crippen molar-refractivity contribution in [3.63, 3.8) is 0 Å². The Kier molecular flexibility index (Phi) is 4.79. The number of fused-ring (bicyclic) bond motifs is 1. The summed E-state index contributed by atoms with van der Waals surface area (Å²) in [4.78, 5) is 21.9. The van der Waals surface area contributed by atoms with E-state index in [4.69, 9.17) is 0 Å². The van der Waals surface area contributed by atoms with Crippen LogP contribution in [0.2, 0.25) is 0 Å². The zero-order valence-electron chi connectivity index (χ0n) is 14.4. The molecule has 5 nitrogen and oxygen atoms in total. The van der Waals surface area contributed by atoms with Crippen molar-refractivity contribution in [1.82, 2.24) is 9.97 Å². The van der Waals surface area contributed by atoms with Crippen molar-refractivity contribution in [3.05, 3.63) is 71.9 Å². The Morgan fingerprint density at radius 3 is 2.74 bits per heavy atom. The van der Waals surface area contributed by atoms with Gasteiger partial charge in [-0.3, -0.25) is 14.3 Å². The summed E-state index contributed by atoms with van der Waals surface area (Å²) >= 11 is 1.35. The topological polar surface area (TPSA) is 72.0 Å². The summed E-state index contributed by atoms with van der Waals surface area (Å²) in [5, 5.41) is 6.02. The van der Waals surface area contributed by atoms with Gasteiger partial charge in [0.15, 0.2) is 5.13 Å². The van der Waals surface area contributed by atoms with E-state index >= 15 is 0 Å². The lowest BCUT2D eigenvalue weighted by Gasteiger charge is -2.09. The van der Waals surface area contributed by atoms with Gasteiger partial charge in [-0.25, -0.2) is 9.97 Å². The summed E-state index contributed by atoms with van der Waals surface area (Å²) in [6.45, 7) is 0. The molecule has 27 heavy (non-hydrogen) atoms. The van der Waals surface area contributed by atoms with Gasteiger partial charge in [0.05, 0.1) is 5.52 Å². The quantitative estimate of drug-likeness (QED) is 0.560. The van der Waals surface area contributed by atoms with E-state index in [0.29, 0.717) is 10.8 Å². The largest absolute Gasteiger partial charge is 0.296 e. The molecule has 7 heteroatoms. The molecular weight excluding hydrogens is 378 g/mol. The first kappa shape index (κ1) is 17.5. The standard InChI is InChI=1S/C20H15N3O2S2/c1-27(25)15-6-2-5-14(12-15)16-7-3-4-13-8-9-17(22-18(13)16)19(24)23-20-21-10-11-26-20/h2-12H,1H3,(H,21,23,24). The fraction of sp³-hybridized carbons (Fsp3) is 0.0500. The predicted octanol–water partition coefficient (Wildman–Crippen LogP) is 4.35. The van der Waals surface area contributed by atoms with E-state index in [0.717, 1.165) is 26.9 Å². The molecule has 1 unspecified atom stereocenters. The minimum Gasteiger partial charge on any atom is -0.296 e. The highest BCUT2D eigenvalue weighted by Gasteiger charge is 2.13. The Bertz CT molecular complexity index is 1160. The molecule has 0 fully saturated rings. The molecule has 1 amide bonds. The third-order valence-corrected chi connectivity index (χ3v) is 5.69. The van der Waals surface area contributed by atoms with Crippen molar-refractivity contribution in [2.45, 2.75) is 4.90 Å². The van der Waals surface area contributed by atoms with Crippen molar-refractivity contribution in [2.75, 3.05) is 11.6 Å². The zero-order chi connectivity index (χ0) is 18.8. The Labute approximate surface area is 162 Å². The molecule has 0 aliphatic heterocycles. The molecule has 2 aromatic heterocycles. The average Bonchev–Trinajstić information content (AvgIpc) is 3.20. The number of anilines is 1. The summed E-state index contributed by atoms with van der Waals surface area (Å²) in [5.41, 5.74) is 2.85. The Hall–Kier alpha value is -2.90. The first-order chi connectivity index (χ1) is 13.1. The van der Waals surface area contributed by atoms with Gasteiger partial charge in [-0.1, -0.05) is 36.4 Å². The van der Waals surface area contributed by atoms with Crippen molar-refractivity contribution in [3.8, 4) is 11.1 Å². The second-order valence-electron chi connectivity index (χ2n) is 5.85. The molecular formula is C20H15N3O2S2. The summed E-state index contributed by atoms with van der Waals surface area (Å²) in [6.07, 6.45) is 3.29. The van der Waals surface area contributed by atoms with E-state index in [1.54, 1.807) is 23.9 Å². The SMILES string of the molecule is CS(=O)c1cccc(-c2cccc3ccc(C(=O)Nc4nccs4)nc23)c1. The normalized spacial score (nSPS) is 12.0. The van der Waals surface area contributed by atoms with Gasteiger partial charge < -0.3 is 0 Å².